The Morgan fingerprint density at radius 2 is 1.96 bits per heavy atom. The summed E-state index contributed by atoms with van der Waals surface area (Å²) in [4.78, 5) is 12.2. The number of para-hydroxylation sites is 1. The molecule has 1 aliphatic rings. The number of nitriles is 2. The Hall–Kier alpha value is -3.35. The molecular formula is C20H18N4O2. The van der Waals surface area contributed by atoms with Crippen molar-refractivity contribution in [2.45, 2.75) is 18.9 Å². The average molecular weight is 346 g/mol. The summed E-state index contributed by atoms with van der Waals surface area (Å²) in [6.45, 7) is 3.07. The lowest BCUT2D eigenvalue weighted by Crippen LogP contribution is -2.44. The Labute approximate surface area is 152 Å². The number of benzene rings is 2. The number of carbonyl (C=O) groups excluding carboxylic acids is 1. The molecule has 0 radical (unpaired) electrons. The third-order valence-electron chi connectivity index (χ3n) is 4.33. The lowest BCUT2D eigenvalue weighted by atomic mass is 10.00. The van der Waals surface area contributed by atoms with E-state index in [1.54, 1.807) is 30.3 Å². The molecule has 6 nitrogen and oxygen atoms in total. The Balaban J connectivity index is 1.58. The van der Waals surface area contributed by atoms with Crippen LogP contribution in [0.3, 0.4) is 0 Å². The van der Waals surface area contributed by atoms with Gasteiger partial charge >= 0.3 is 0 Å². The first-order valence-electron chi connectivity index (χ1n) is 8.33. The highest BCUT2D eigenvalue weighted by molar-refractivity contribution is 5.98. The molecule has 3 rings (SSSR count). The van der Waals surface area contributed by atoms with Crippen molar-refractivity contribution in [2.75, 3.05) is 18.4 Å². The van der Waals surface area contributed by atoms with Crippen molar-refractivity contribution in [3.63, 3.8) is 0 Å². The maximum absolute atomic E-state index is 12.2. The molecular weight excluding hydrogens is 328 g/mol. The molecule has 0 aromatic heterocycles. The molecule has 0 unspecified atom stereocenters. The van der Waals surface area contributed by atoms with Gasteiger partial charge in [-0.2, -0.15) is 10.5 Å². The summed E-state index contributed by atoms with van der Waals surface area (Å²) in [6, 6.07) is 16.7. The topological polar surface area (TPSA) is 97.9 Å². The molecule has 6 heteroatoms. The van der Waals surface area contributed by atoms with E-state index in [1.165, 1.54) is 0 Å². The van der Waals surface area contributed by atoms with Crippen LogP contribution in [0.2, 0.25) is 0 Å². The smallest absolute Gasteiger partial charge is 0.266 e. The summed E-state index contributed by atoms with van der Waals surface area (Å²) >= 11 is 0. The van der Waals surface area contributed by atoms with Crippen LogP contribution in [0.25, 0.3) is 0 Å². The molecule has 0 spiro atoms. The molecule has 2 aromatic carbocycles. The first kappa shape index (κ1) is 17.5. The molecule has 130 valence electrons. The largest absolute Gasteiger partial charge is 0.476 e. The Bertz CT molecular complexity index is 894. The van der Waals surface area contributed by atoms with Gasteiger partial charge in [-0.3, -0.25) is 4.79 Å². The highest BCUT2D eigenvalue weighted by Crippen LogP contribution is 2.32. The number of carbonyl (C=O) groups is 1. The summed E-state index contributed by atoms with van der Waals surface area (Å²) in [5.74, 6) is 0.406. The molecule has 1 amide bonds. The van der Waals surface area contributed by atoms with Crippen LogP contribution >= 0.6 is 0 Å². The molecule has 0 saturated heterocycles. The van der Waals surface area contributed by atoms with Crippen molar-refractivity contribution >= 4 is 11.6 Å². The number of amides is 1. The highest BCUT2D eigenvalue weighted by atomic mass is 16.5. The lowest BCUT2D eigenvalue weighted by Gasteiger charge is -2.27. The van der Waals surface area contributed by atoms with E-state index in [0.717, 1.165) is 5.56 Å². The van der Waals surface area contributed by atoms with Gasteiger partial charge in [-0.05, 0) is 35.7 Å². The number of fused-ring (bicyclic) bond motifs is 1. The van der Waals surface area contributed by atoms with Gasteiger partial charge in [0.25, 0.3) is 5.91 Å². The lowest BCUT2D eigenvalue weighted by molar-refractivity contribution is -0.123. The van der Waals surface area contributed by atoms with Crippen LogP contribution in [0, 0.1) is 22.7 Å². The van der Waals surface area contributed by atoms with Crippen LogP contribution in [-0.2, 0) is 4.79 Å². The van der Waals surface area contributed by atoms with Gasteiger partial charge in [0.15, 0.2) is 11.9 Å². The third-order valence-corrected chi connectivity index (χ3v) is 4.33. The standard InChI is InChI=1S/C20H18N4O2/c1-13(15-7-5-14(9-21)6-8-15)11-23-12-18-20(25)24-17-4-2-3-16(10-22)19(17)26-18/h2-8,13,18,23H,11-12H2,1H3,(H,24,25)/t13-,18-/m0/s1. The SMILES string of the molecule is C[C@@H](CNC[C@@H]1Oc2c(C#N)cccc2NC1=O)c1ccc(C#N)cc1. The second-order valence-corrected chi connectivity index (χ2v) is 6.18. The van der Waals surface area contributed by atoms with E-state index in [2.05, 4.69) is 29.7 Å². The normalized spacial score (nSPS) is 16.4. The van der Waals surface area contributed by atoms with Gasteiger partial charge in [0, 0.05) is 13.1 Å². The fraction of sp³-hybridized carbons (Fsp3) is 0.250. The summed E-state index contributed by atoms with van der Waals surface area (Å²) in [5, 5.41) is 24.1. The number of nitrogens with zero attached hydrogens (tertiary/aromatic N) is 2. The van der Waals surface area contributed by atoms with Crippen molar-refractivity contribution in [3.05, 3.63) is 59.2 Å². The number of hydrogen-bond donors (Lipinski definition) is 2. The molecule has 0 saturated carbocycles. The molecule has 0 fully saturated rings. The molecule has 2 N–H and O–H groups in total. The van der Waals surface area contributed by atoms with Crippen LogP contribution in [0.4, 0.5) is 5.69 Å². The number of rotatable bonds is 5. The summed E-state index contributed by atoms with van der Waals surface area (Å²) in [7, 11) is 0. The number of ether oxygens (including phenoxy) is 1. The second-order valence-electron chi connectivity index (χ2n) is 6.18. The van der Waals surface area contributed by atoms with Crippen molar-refractivity contribution < 1.29 is 9.53 Å². The van der Waals surface area contributed by atoms with Crippen molar-refractivity contribution in [1.82, 2.24) is 5.32 Å². The minimum Gasteiger partial charge on any atom is -0.476 e. The van der Waals surface area contributed by atoms with E-state index in [-0.39, 0.29) is 11.8 Å². The summed E-state index contributed by atoms with van der Waals surface area (Å²) in [6.07, 6.45) is -0.690. The summed E-state index contributed by atoms with van der Waals surface area (Å²) < 4.78 is 5.75. The van der Waals surface area contributed by atoms with Gasteiger partial charge in [0.2, 0.25) is 0 Å². The zero-order valence-electron chi connectivity index (χ0n) is 14.3. The minimum absolute atomic E-state index is 0.219. The quantitative estimate of drug-likeness (QED) is 0.867. The van der Waals surface area contributed by atoms with Crippen LogP contribution in [0.1, 0.15) is 29.5 Å². The van der Waals surface area contributed by atoms with Crippen LogP contribution in [-0.4, -0.2) is 25.1 Å². The maximum Gasteiger partial charge on any atom is 0.266 e. The third kappa shape index (κ3) is 3.66. The number of anilines is 1. The van der Waals surface area contributed by atoms with Gasteiger partial charge in [0.05, 0.1) is 22.9 Å². The number of hydrogen-bond acceptors (Lipinski definition) is 5. The van der Waals surface area contributed by atoms with Gasteiger partial charge in [-0.1, -0.05) is 25.1 Å². The maximum atomic E-state index is 12.2. The van der Waals surface area contributed by atoms with E-state index >= 15 is 0 Å². The van der Waals surface area contributed by atoms with E-state index in [1.807, 2.05) is 12.1 Å². The van der Waals surface area contributed by atoms with Gasteiger partial charge in [0.1, 0.15) is 6.07 Å². The molecule has 0 bridgehead atoms. The predicted molar refractivity (Wildman–Crippen MR) is 96.6 cm³/mol. The first-order valence-corrected chi connectivity index (χ1v) is 8.33. The van der Waals surface area contributed by atoms with E-state index in [4.69, 9.17) is 10.00 Å². The first-order chi connectivity index (χ1) is 12.6. The van der Waals surface area contributed by atoms with Gasteiger partial charge in [-0.25, -0.2) is 0 Å². The Morgan fingerprint density at radius 1 is 1.19 bits per heavy atom. The van der Waals surface area contributed by atoms with Gasteiger partial charge in [-0.15, -0.1) is 0 Å². The van der Waals surface area contributed by atoms with E-state index < -0.39 is 6.10 Å². The van der Waals surface area contributed by atoms with Crippen LogP contribution in [0.15, 0.2) is 42.5 Å². The highest BCUT2D eigenvalue weighted by Gasteiger charge is 2.29. The minimum atomic E-state index is -0.690. The fourth-order valence-electron chi connectivity index (χ4n) is 2.83. The zero-order valence-corrected chi connectivity index (χ0v) is 14.3. The Kier molecular flexibility index (Phi) is 5.17. The van der Waals surface area contributed by atoms with Gasteiger partial charge < -0.3 is 15.4 Å². The summed E-state index contributed by atoms with van der Waals surface area (Å²) in [5.41, 5.74) is 2.67. The number of nitrogens with one attached hydrogen (secondary N) is 2. The van der Waals surface area contributed by atoms with Crippen LogP contribution in [0.5, 0.6) is 5.75 Å². The molecule has 26 heavy (non-hydrogen) atoms. The monoisotopic (exact) mass is 346 g/mol. The van der Waals surface area contributed by atoms with E-state index in [0.29, 0.717) is 35.7 Å². The molecule has 2 aromatic rings. The Morgan fingerprint density at radius 3 is 2.65 bits per heavy atom. The fourth-order valence-corrected chi connectivity index (χ4v) is 2.83. The van der Waals surface area contributed by atoms with Crippen molar-refractivity contribution in [2.24, 2.45) is 0 Å². The zero-order chi connectivity index (χ0) is 18.5. The molecule has 1 aliphatic heterocycles. The molecule has 0 aliphatic carbocycles. The van der Waals surface area contributed by atoms with Crippen molar-refractivity contribution in [1.29, 1.82) is 10.5 Å². The average Bonchev–Trinajstić information content (AvgIpc) is 2.67. The molecule has 2 atom stereocenters. The predicted octanol–water partition coefficient (Wildman–Crippen LogP) is 2.52. The van der Waals surface area contributed by atoms with Crippen molar-refractivity contribution in [3.8, 4) is 17.9 Å². The molecule has 1 heterocycles. The van der Waals surface area contributed by atoms with E-state index in [9.17, 15) is 10.1 Å². The van der Waals surface area contributed by atoms with Crippen LogP contribution < -0.4 is 15.4 Å². The second kappa shape index (κ2) is 7.69.